The quantitative estimate of drug-likeness (QED) is 0.568. The van der Waals surface area contributed by atoms with Crippen molar-refractivity contribution in [1.29, 1.82) is 0 Å². The Kier molecular flexibility index (Phi) is 3.28. The monoisotopic (exact) mass is 206 g/mol. The molecular weight excluding hydrogens is 196 g/mol. The van der Waals surface area contributed by atoms with Crippen molar-refractivity contribution in [1.82, 2.24) is 10.4 Å². The highest BCUT2D eigenvalue weighted by Gasteiger charge is 2.09. The van der Waals surface area contributed by atoms with E-state index in [2.05, 4.69) is 10.4 Å². The van der Waals surface area contributed by atoms with Crippen molar-refractivity contribution in [2.75, 3.05) is 19.0 Å². The lowest BCUT2D eigenvalue weighted by Crippen LogP contribution is -2.20. The fourth-order valence-electron chi connectivity index (χ4n) is 0.714. The molecule has 0 saturated carbocycles. The van der Waals surface area contributed by atoms with Crippen LogP contribution in [-0.2, 0) is 6.54 Å². The van der Waals surface area contributed by atoms with Crippen molar-refractivity contribution in [3.05, 3.63) is 10.0 Å². The topological polar surface area (TPSA) is 54.2 Å². The molecule has 1 aromatic rings. The van der Waals surface area contributed by atoms with Crippen LogP contribution in [0.25, 0.3) is 0 Å². The zero-order chi connectivity index (χ0) is 9.14. The number of hydrogen-bond donors (Lipinski definition) is 2. The van der Waals surface area contributed by atoms with E-state index in [1.807, 2.05) is 19.0 Å². The molecule has 0 amide bonds. The molecule has 1 heterocycles. The van der Waals surface area contributed by atoms with Gasteiger partial charge in [-0.3, -0.25) is 11.3 Å². The van der Waals surface area contributed by atoms with Crippen LogP contribution in [0.4, 0.5) is 5.13 Å². The third-order valence-corrected chi connectivity index (χ3v) is 2.93. The van der Waals surface area contributed by atoms with E-state index in [1.54, 1.807) is 0 Å². The molecule has 0 fully saturated rings. The molecule has 0 aliphatic heterocycles. The zero-order valence-corrected chi connectivity index (χ0v) is 8.54. The van der Waals surface area contributed by atoms with Crippen molar-refractivity contribution in [2.45, 2.75) is 6.54 Å². The fraction of sp³-hybridized carbons (Fsp3) is 0.500. The first kappa shape index (κ1) is 9.73. The maximum atomic E-state index is 5.84. The van der Waals surface area contributed by atoms with Crippen molar-refractivity contribution in [2.24, 2.45) is 5.84 Å². The first-order valence-electron chi connectivity index (χ1n) is 3.41. The number of hydrazine groups is 1. The average molecular weight is 207 g/mol. The molecule has 68 valence electrons. The van der Waals surface area contributed by atoms with E-state index >= 15 is 0 Å². The Morgan fingerprint density at radius 3 is 2.75 bits per heavy atom. The van der Waals surface area contributed by atoms with Gasteiger partial charge in [0.15, 0.2) is 5.13 Å². The summed E-state index contributed by atoms with van der Waals surface area (Å²) in [5.41, 5.74) is 2.54. The van der Waals surface area contributed by atoms with Gasteiger partial charge in [-0.2, -0.15) is 0 Å². The number of halogens is 1. The molecule has 0 unspecified atom stereocenters. The highest BCUT2D eigenvalue weighted by Crippen LogP contribution is 2.27. The van der Waals surface area contributed by atoms with Crippen molar-refractivity contribution < 1.29 is 0 Å². The SMILES string of the molecule is CN(C)c1nc(Cl)c(CNN)s1. The van der Waals surface area contributed by atoms with Crippen LogP contribution in [0.2, 0.25) is 5.15 Å². The lowest BCUT2D eigenvalue weighted by Gasteiger charge is -2.04. The number of nitrogens with two attached hydrogens (primary N) is 1. The fourth-order valence-corrected chi connectivity index (χ4v) is 1.85. The predicted molar refractivity (Wildman–Crippen MR) is 52.5 cm³/mol. The molecule has 0 aliphatic rings. The van der Waals surface area contributed by atoms with E-state index in [0.717, 1.165) is 10.0 Å². The van der Waals surface area contributed by atoms with Gasteiger partial charge in [0.25, 0.3) is 0 Å². The van der Waals surface area contributed by atoms with Crippen LogP contribution >= 0.6 is 22.9 Å². The Hall–Kier alpha value is -0.360. The largest absolute Gasteiger partial charge is 0.354 e. The molecule has 0 aliphatic carbocycles. The van der Waals surface area contributed by atoms with Crippen LogP contribution < -0.4 is 16.2 Å². The normalized spacial score (nSPS) is 10.3. The summed E-state index contributed by atoms with van der Waals surface area (Å²) >= 11 is 7.38. The van der Waals surface area contributed by atoms with Crippen LogP contribution in [0.15, 0.2) is 0 Å². The lowest BCUT2D eigenvalue weighted by molar-refractivity contribution is 0.750. The summed E-state index contributed by atoms with van der Waals surface area (Å²) in [6.45, 7) is 0.560. The van der Waals surface area contributed by atoms with Crippen molar-refractivity contribution >= 4 is 28.1 Å². The van der Waals surface area contributed by atoms with Crippen LogP contribution in [0, 0.1) is 0 Å². The van der Waals surface area contributed by atoms with Gasteiger partial charge in [0.2, 0.25) is 0 Å². The number of rotatable bonds is 3. The highest BCUT2D eigenvalue weighted by atomic mass is 35.5. The van der Waals surface area contributed by atoms with Gasteiger partial charge in [-0.05, 0) is 0 Å². The Morgan fingerprint density at radius 1 is 1.67 bits per heavy atom. The minimum Gasteiger partial charge on any atom is -0.354 e. The zero-order valence-electron chi connectivity index (χ0n) is 6.97. The second-order valence-corrected chi connectivity index (χ2v) is 3.91. The van der Waals surface area contributed by atoms with Crippen LogP contribution in [0.3, 0.4) is 0 Å². The second-order valence-electron chi connectivity index (χ2n) is 2.49. The number of aromatic nitrogens is 1. The van der Waals surface area contributed by atoms with Gasteiger partial charge >= 0.3 is 0 Å². The molecule has 3 N–H and O–H groups in total. The number of hydrogen-bond acceptors (Lipinski definition) is 5. The van der Waals surface area contributed by atoms with Gasteiger partial charge in [-0.25, -0.2) is 4.98 Å². The molecule has 6 heteroatoms. The maximum absolute atomic E-state index is 5.84. The molecule has 0 atom stereocenters. The van der Waals surface area contributed by atoms with E-state index in [9.17, 15) is 0 Å². The highest BCUT2D eigenvalue weighted by molar-refractivity contribution is 7.16. The van der Waals surface area contributed by atoms with Gasteiger partial charge in [0.1, 0.15) is 5.15 Å². The summed E-state index contributed by atoms with van der Waals surface area (Å²) in [4.78, 5) is 7.02. The molecule has 0 saturated heterocycles. The summed E-state index contributed by atoms with van der Waals surface area (Å²) in [5.74, 6) is 5.17. The summed E-state index contributed by atoms with van der Waals surface area (Å²) in [6, 6.07) is 0. The smallest absolute Gasteiger partial charge is 0.186 e. The molecule has 0 spiro atoms. The predicted octanol–water partition coefficient (Wildman–Crippen LogP) is 0.826. The third-order valence-electron chi connectivity index (χ3n) is 1.28. The van der Waals surface area contributed by atoms with Gasteiger partial charge < -0.3 is 4.90 Å². The molecule has 0 aromatic carbocycles. The molecule has 1 rings (SSSR count). The first-order valence-corrected chi connectivity index (χ1v) is 4.60. The van der Waals surface area contributed by atoms with Gasteiger partial charge in [0, 0.05) is 20.6 Å². The van der Waals surface area contributed by atoms with Gasteiger partial charge in [-0.1, -0.05) is 22.9 Å². The van der Waals surface area contributed by atoms with Gasteiger partial charge in [0.05, 0.1) is 4.88 Å². The van der Waals surface area contributed by atoms with Crippen LogP contribution in [-0.4, -0.2) is 19.1 Å². The van der Waals surface area contributed by atoms with E-state index in [-0.39, 0.29) is 0 Å². The Labute approximate surface area is 80.3 Å². The standard InChI is InChI=1S/C6H11ClN4S/c1-11(2)6-10-5(7)4(12-6)3-9-8/h9H,3,8H2,1-2H3. The molecule has 0 bridgehead atoms. The maximum Gasteiger partial charge on any atom is 0.186 e. The lowest BCUT2D eigenvalue weighted by atomic mass is 10.6. The number of nitrogens with zero attached hydrogens (tertiary/aromatic N) is 2. The number of nitrogens with one attached hydrogen (secondary N) is 1. The van der Waals surface area contributed by atoms with Crippen LogP contribution in [0.1, 0.15) is 4.88 Å². The molecule has 4 nitrogen and oxygen atoms in total. The molecule has 12 heavy (non-hydrogen) atoms. The Morgan fingerprint density at radius 2 is 2.33 bits per heavy atom. The number of thiazole rings is 1. The third kappa shape index (κ3) is 2.07. The van der Waals surface area contributed by atoms with E-state index in [4.69, 9.17) is 17.4 Å². The molecule has 1 aromatic heterocycles. The molecule has 0 radical (unpaired) electrons. The Balaban J connectivity index is 2.85. The first-order chi connectivity index (χ1) is 5.65. The summed E-state index contributed by atoms with van der Waals surface area (Å²) in [5, 5.41) is 1.42. The summed E-state index contributed by atoms with van der Waals surface area (Å²) in [7, 11) is 3.85. The number of anilines is 1. The van der Waals surface area contributed by atoms with E-state index in [1.165, 1.54) is 11.3 Å². The minimum atomic E-state index is 0.529. The van der Waals surface area contributed by atoms with E-state index < -0.39 is 0 Å². The minimum absolute atomic E-state index is 0.529. The Bertz CT molecular complexity index is 260. The average Bonchev–Trinajstić information content (AvgIpc) is 2.34. The van der Waals surface area contributed by atoms with Crippen molar-refractivity contribution in [3.8, 4) is 0 Å². The van der Waals surface area contributed by atoms with Gasteiger partial charge in [-0.15, -0.1) is 0 Å². The van der Waals surface area contributed by atoms with E-state index in [0.29, 0.717) is 11.7 Å². The van der Waals surface area contributed by atoms with Crippen LogP contribution in [0.5, 0.6) is 0 Å². The molecular formula is C6H11ClN4S. The summed E-state index contributed by atoms with van der Waals surface area (Å²) < 4.78 is 0. The van der Waals surface area contributed by atoms with Crippen molar-refractivity contribution in [3.63, 3.8) is 0 Å². The summed E-state index contributed by atoms with van der Waals surface area (Å²) in [6.07, 6.45) is 0. The second kappa shape index (κ2) is 4.04.